The molecule has 2 aromatic carbocycles. The van der Waals surface area contributed by atoms with Gasteiger partial charge in [0.2, 0.25) is 11.5 Å². The van der Waals surface area contributed by atoms with Crippen LogP contribution in [0.2, 0.25) is 0 Å². The van der Waals surface area contributed by atoms with E-state index in [2.05, 4.69) is 16.3 Å². The summed E-state index contributed by atoms with van der Waals surface area (Å²) in [6.45, 7) is 2.02. The molecule has 10 nitrogen and oxygen atoms in total. The Labute approximate surface area is 215 Å². The van der Waals surface area contributed by atoms with E-state index in [1.165, 1.54) is 11.8 Å². The van der Waals surface area contributed by atoms with E-state index < -0.39 is 11.4 Å². The molecule has 3 N–H and O–H groups in total. The van der Waals surface area contributed by atoms with Crippen molar-refractivity contribution in [2.45, 2.75) is 18.4 Å². The number of H-pyrrole nitrogens is 1. The third kappa shape index (κ3) is 4.94. The molecule has 0 radical (unpaired) electrons. The minimum absolute atomic E-state index is 0.0551. The number of ether oxygens (including phenoxy) is 1. The van der Waals surface area contributed by atoms with E-state index in [0.717, 1.165) is 23.7 Å². The molecule has 2 aromatic heterocycles. The van der Waals surface area contributed by atoms with Crippen LogP contribution in [0.4, 0.5) is 5.82 Å². The van der Waals surface area contributed by atoms with Crippen LogP contribution in [0.25, 0.3) is 16.8 Å². The highest BCUT2D eigenvalue weighted by molar-refractivity contribution is 8.00. The van der Waals surface area contributed by atoms with Crippen molar-refractivity contribution in [1.82, 2.24) is 10.3 Å². The first-order valence-electron chi connectivity index (χ1n) is 11.1. The Hall–Kier alpha value is -4.87. The van der Waals surface area contributed by atoms with Crippen molar-refractivity contribution in [2.24, 2.45) is 0 Å². The Morgan fingerprint density at radius 2 is 1.81 bits per heavy atom. The number of thioether (sulfide) groups is 1. The molecule has 0 spiro atoms. The molecule has 0 aliphatic carbocycles. The second-order valence-electron chi connectivity index (χ2n) is 7.78. The molecule has 0 amide bonds. The number of aryl methyl sites for hydroxylation is 1. The second kappa shape index (κ2) is 10.8. The first kappa shape index (κ1) is 25.2. The van der Waals surface area contributed by atoms with Gasteiger partial charge in [0.15, 0.2) is 0 Å². The zero-order valence-electron chi connectivity index (χ0n) is 19.9. The Balaban J connectivity index is 1.69. The molecule has 2 heterocycles. The van der Waals surface area contributed by atoms with Gasteiger partial charge < -0.3 is 10.5 Å². The maximum absolute atomic E-state index is 13.1. The highest BCUT2D eigenvalue weighted by atomic mass is 32.2. The lowest BCUT2D eigenvalue weighted by atomic mass is 9.96. The standard InChI is InChI=1S/C26H20N6O4S/c1-3-15-4-6-16(7-5-15)22-19(12-27)24(29)30-25(20(22)13-28)37-14-21(33)23-26(34)36-31-32(23)17-8-10-18(35-2)11-9-17/h4-11H,3,14H2,1-2H3,(H2-,29,30,31,33,34)/p+1. The Bertz CT molecular complexity index is 1610. The van der Waals surface area contributed by atoms with E-state index in [1.54, 1.807) is 24.3 Å². The third-order valence-electron chi connectivity index (χ3n) is 5.65. The van der Waals surface area contributed by atoms with Crippen LogP contribution in [-0.4, -0.2) is 28.9 Å². The molecule has 0 saturated heterocycles. The molecule has 184 valence electrons. The van der Waals surface area contributed by atoms with Crippen LogP contribution in [0.3, 0.4) is 0 Å². The maximum Gasteiger partial charge on any atom is 0.438 e. The fourth-order valence-electron chi connectivity index (χ4n) is 3.72. The van der Waals surface area contributed by atoms with E-state index in [0.29, 0.717) is 22.6 Å². The number of carbonyl (C=O) groups is 1. The van der Waals surface area contributed by atoms with Crippen molar-refractivity contribution in [2.75, 3.05) is 18.6 Å². The SMILES string of the molecule is CCc1ccc(-c2c(C#N)c(N)nc(SCC(=O)c3c(=O)o[nH][n+]3-c3ccc(OC)cc3)c2C#N)cc1. The first-order valence-corrected chi connectivity index (χ1v) is 12.1. The lowest BCUT2D eigenvalue weighted by Gasteiger charge is -2.13. The number of rotatable bonds is 8. The topological polar surface area (TPSA) is 163 Å². The Morgan fingerprint density at radius 1 is 1.14 bits per heavy atom. The molecular formula is C26H21N6O4S+. The molecule has 0 atom stereocenters. The van der Waals surface area contributed by atoms with Gasteiger partial charge in [-0.05, 0) is 39.6 Å². The van der Waals surface area contributed by atoms with E-state index in [4.69, 9.17) is 15.0 Å². The van der Waals surface area contributed by atoms with Crippen molar-refractivity contribution in [3.8, 4) is 34.7 Å². The summed E-state index contributed by atoms with van der Waals surface area (Å²) >= 11 is 0.946. The number of nitrogens with zero attached hydrogens (tertiary/aromatic N) is 4. The average Bonchev–Trinajstić information content (AvgIpc) is 3.32. The number of nitrogen functional groups attached to an aromatic ring is 1. The zero-order valence-corrected chi connectivity index (χ0v) is 20.8. The number of anilines is 1. The van der Waals surface area contributed by atoms with Crippen molar-refractivity contribution in [3.63, 3.8) is 0 Å². The van der Waals surface area contributed by atoms with E-state index in [9.17, 15) is 20.1 Å². The van der Waals surface area contributed by atoms with Crippen LogP contribution in [0.5, 0.6) is 5.75 Å². The summed E-state index contributed by atoms with van der Waals surface area (Å²) in [5.41, 5.74) is 7.77. The van der Waals surface area contributed by atoms with Crippen LogP contribution < -0.4 is 20.8 Å². The predicted octanol–water partition coefficient (Wildman–Crippen LogP) is 3.18. The number of aromatic amines is 1. The Morgan fingerprint density at radius 3 is 2.41 bits per heavy atom. The molecule has 11 heteroatoms. The Kier molecular flexibility index (Phi) is 7.37. The first-order chi connectivity index (χ1) is 17.9. The van der Waals surface area contributed by atoms with E-state index >= 15 is 0 Å². The van der Waals surface area contributed by atoms with Crippen molar-refractivity contribution in [3.05, 3.63) is 81.3 Å². The quantitative estimate of drug-likeness (QED) is 0.205. The molecule has 0 fully saturated rings. The van der Waals surface area contributed by atoms with Gasteiger partial charge in [0.05, 0.1) is 18.4 Å². The van der Waals surface area contributed by atoms with Crippen LogP contribution in [0, 0.1) is 22.7 Å². The summed E-state index contributed by atoms with van der Waals surface area (Å²) in [6, 6.07) is 18.3. The molecule has 0 unspecified atom stereocenters. The van der Waals surface area contributed by atoms with Gasteiger partial charge in [0.25, 0.3) is 0 Å². The molecule has 0 aliphatic rings. The lowest BCUT2D eigenvalue weighted by molar-refractivity contribution is -0.672. The maximum atomic E-state index is 13.1. The van der Waals surface area contributed by atoms with Gasteiger partial charge in [-0.1, -0.05) is 43.0 Å². The summed E-state index contributed by atoms with van der Waals surface area (Å²) < 4.78 is 11.2. The van der Waals surface area contributed by atoms with Crippen LogP contribution in [0.15, 0.2) is 62.9 Å². The molecule has 4 rings (SSSR count). The van der Waals surface area contributed by atoms with Gasteiger partial charge in [-0.2, -0.15) is 10.5 Å². The summed E-state index contributed by atoms with van der Waals surface area (Å²) in [5, 5.41) is 22.3. The highest BCUT2D eigenvalue weighted by Crippen LogP contribution is 2.35. The molecule has 37 heavy (non-hydrogen) atoms. The van der Waals surface area contributed by atoms with Gasteiger partial charge in [-0.15, -0.1) is 0 Å². The zero-order chi connectivity index (χ0) is 26.5. The minimum Gasteiger partial charge on any atom is -0.497 e. The number of hydrogen-bond donors (Lipinski definition) is 2. The van der Waals surface area contributed by atoms with E-state index in [-0.39, 0.29) is 33.4 Å². The summed E-state index contributed by atoms with van der Waals surface area (Å²) in [7, 11) is 1.53. The van der Waals surface area contributed by atoms with Crippen LogP contribution >= 0.6 is 11.8 Å². The van der Waals surface area contributed by atoms with Crippen LogP contribution in [0.1, 0.15) is 34.1 Å². The number of benzene rings is 2. The summed E-state index contributed by atoms with van der Waals surface area (Å²) in [5.74, 6) is -0.244. The number of ketones is 1. The molecular weight excluding hydrogens is 492 g/mol. The van der Waals surface area contributed by atoms with Gasteiger partial charge in [0, 0.05) is 17.7 Å². The number of pyridine rings is 1. The average molecular weight is 514 g/mol. The molecule has 0 bridgehead atoms. The van der Waals surface area contributed by atoms with Crippen molar-refractivity contribution >= 4 is 23.4 Å². The summed E-state index contributed by atoms with van der Waals surface area (Å²) in [4.78, 5) is 29.7. The lowest BCUT2D eigenvalue weighted by Crippen LogP contribution is -2.41. The number of nitriles is 2. The molecule has 0 aliphatic heterocycles. The van der Waals surface area contributed by atoms with Crippen LogP contribution in [-0.2, 0) is 6.42 Å². The number of Topliss-reactive ketones (excluding diaryl/α,β-unsaturated/α-hetero) is 1. The normalized spacial score (nSPS) is 10.5. The smallest absolute Gasteiger partial charge is 0.438 e. The predicted molar refractivity (Wildman–Crippen MR) is 135 cm³/mol. The molecule has 0 saturated carbocycles. The minimum atomic E-state index is -0.842. The fraction of sp³-hybridized carbons (Fsp3) is 0.154. The monoisotopic (exact) mass is 513 g/mol. The second-order valence-corrected chi connectivity index (χ2v) is 8.74. The highest BCUT2D eigenvalue weighted by Gasteiger charge is 2.31. The van der Waals surface area contributed by atoms with Gasteiger partial charge in [0.1, 0.15) is 34.3 Å². The number of aromatic nitrogens is 3. The van der Waals surface area contributed by atoms with Crippen molar-refractivity contribution in [1.29, 1.82) is 10.5 Å². The van der Waals surface area contributed by atoms with Crippen molar-refractivity contribution < 1.29 is 18.7 Å². The fourth-order valence-corrected chi connectivity index (χ4v) is 4.58. The number of nitrogens with two attached hydrogens (primary N) is 1. The number of methoxy groups -OCH3 is 1. The molecule has 4 aromatic rings. The summed E-state index contributed by atoms with van der Waals surface area (Å²) in [6.07, 6.45) is 0.835. The third-order valence-corrected chi connectivity index (χ3v) is 6.62. The van der Waals surface area contributed by atoms with Gasteiger partial charge in [-0.3, -0.25) is 9.32 Å². The van der Waals surface area contributed by atoms with Gasteiger partial charge in [-0.25, -0.2) is 9.78 Å². The largest absolute Gasteiger partial charge is 0.497 e. The van der Waals surface area contributed by atoms with Gasteiger partial charge >= 0.3 is 11.3 Å². The number of nitrogens with one attached hydrogen (secondary N) is 1. The van der Waals surface area contributed by atoms with E-state index in [1.807, 2.05) is 37.3 Å². The number of carbonyl (C=O) groups excluding carboxylic acids is 1. The number of hydrogen-bond acceptors (Lipinski definition) is 9.